The predicted octanol–water partition coefficient (Wildman–Crippen LogP) is 6.30. The number of unbranched alkanes of at least 4 members (excludes halogenated alkanes) is 2. The Kier molecular flexibility index (Phi) is 9.12. The van der Waals surface area contributed by atoms with Crippen LogP contribution in [0.4, 0.5) is 0 Å². The van der Waals surface area contributed by atoms with Crippen molar-refractivity contribution in [3.05, 3.63) is 89.5 Å². The van der Waals surface area contributed by atoms with E-state index in [1.54, 1.807) is 7.11 Å². The van der Waals surface area contributed by atoms with Gasteiger partial charge in [0.05, 0.1) is 7.11 Å². The molecule has 0 saturated heterocycles. The molecule has 3 atom stereocenters. The van der Waals surface area contributed by atoms with E-state index in [1.165, 1.54) is 24.0 Å². The van der Waals surface area contributed by atoms with Gasteiger partial charge in [-0.25, -0.2) is 0 Å². The van der Waals surface area contributed by atoms with E-state index >= 15 is 0 Å². The van der Waals surface area contributed by atoms with Gasteiger partial charge in [0.25, 0.3) is 0 Å². The first-order valence-corrected chi connectivity index (χ1v) is 13.5. The van der Waals surface area contributed by atoms with Gasteiger partial charge in [0.1, 0.15) is 35.6 Å². The van der Waals surface area contributed by atoms with E-state index in [4.69, 9.17) is 14.2 Å². The third-order valence-electron chi connectivity index (χ3n) is 7.19. The van der Waals surface area contributed by atoms with Gasteiger partial charge >= 0.3 is 0 Å². The number of fused-ring (bicyclic) bond motifs is 1. The molecule has 1 unspecified atom stereocenters. The summed E-state index contributed by atoms with van der Waals surface area (Å²) in [6.45, 7) is 8.24. The molecule has 1 aliphatic rings. The molecule has 0 spiro atoms. The highest BCUT2D eigenvalue weighted by atomic mass is 16.5. The lowest BCUT2D eigenvalue weighted by Gasteiger charge is -2.45. The number of rotatable bonds is 12. The van der Waals surface area contributed by atoms with Crippen LogP contribution in [0.2, 0.25) is 0 Å². The first-order chi connectivity index (χ1) is 17.9. The molecule has 0 radical (unpaired) electrons. The zero-order chi connectivity index (χ0) is 26.3. The average molecular weight is 504 g/mol. The third kappa shape index (κ3) is 6.65. The van der Waals surface area contributed by atoms with E-state index in [9.17, 15) is 5.11 Å². The van der Waals surface area contributed by atoms with Crippen molar-refractivity contribution in [1.29, 1.82) is 0 Å². The number of nitrogens with one attached hydrogen (secondary N) is 1. The molecule has 0 bridgehead atoms. The molecule has 4 rings (SSSR count). The quantitative estimate of drug-likeness (QED) is 0.284. The van der Waals surface area contributed by atoms with Gasteiger partial charge in [-0.15, -0.1) is 0 Å². The van der Waals surface area contributed by atoms with Gasteiger partial charge in [-0.2, -0.15) is 0 Å². The highest BCUT2D eigenvalue weighted by Gasteiger charge is 2.45. The van der Waals surface area contributed by atoms with Gasteiger partial charge < -0.3 is 24.6 Å². The molecule has 3 aromatic rings. The maximum atomic E-state index is 10.3. The zero-order valence-corrected chi connectivity index (χ0v) is 22.6. The molecule has 198 valence electrons. The van der Waals surface area contributed by atoms with E-state index in [2.05, 4.69) is 74.6 Å². The fourth-order valence-corrected chi connectivity index (χ4v) is 5.33. The number of hydrogen-bond donors (Lipinski definition) is 2. The van der Waals surface area contributed by atoms with Gasteiger partial charge in [-0.05, 0) is 56.1 Å². The topological polar surface area (TPSA) is 60.0 Å². The maximum Gasteiger partial charge on any atom is 0.127 e. The van der Waals surface area contributed by atoms with Crippen LogP contribution in [0.15, 0.2) is 72.8 Å². The molecule has 3 aromatic carbocycles. The molecule has 0 amide bonds. The summed E-state index contributed by atoms with van der Waals surface area (Å²) in [6.07, 6.45) is 3.00. The lowest BCUT2D eigenvalue weighted by molar-refractivity contribution is 0.0528. The first-order valence-electron chi connectivity index (χ1n) is 13.5. The summed E-state index contributed by atoms with van der Waals surface area (Å²) in [7, 11) is 1.68. The van der Waals surface area contributed by atoms with E-state index in [1.807, 2.05) is 24.3 Å². The molecule has 0 fully saturated rings. The second-order valence-electron chi connectivity index (χ2n) is 10.4. The Morgan fingerprint density at radius 3 is 2.38 bits per heavy atom. The fraction of sp³-hybridized carbons (Fsp3) is 0.438. The van der Waals surface area contributed by atoms with Crippen LogP contribution in [0.25, 0.3) is 0 Å². The molecule has 1 heterocycles. The van der Waals surface area contributed by atoms with Crippen molar-refractivity contribution >= 4 is 0 Å². The molecule has 2 N–H and O–H groups in total. The lowest BCUT2D eigenvalue weighted by Crippen LogP contribution is -2.43. The minimum Gasteiger partial charge on any atom is -0.497 e. The summed E-state index contributed by atoms with van der Waals surface area (Å²) >= 11 is 0. The second kappa shape index (κ2) is 12.5. The Bertz CT molecular complexity index is 1110. The molecule has 5 nitrogen and oxygen atoms in total. The summed E-state index contributed by atoms with van der Waals surface area (Å²) in [5, 5.41) is 13.6. The Morgan fingerprint density at radius 1 is 0.946 bits per heavy atom. The van der Waals surface area contributed by atoms with Crippen molar-refractivity contribution in [2.45, 2.75) is 63.6 Å². The van der Waals surface area contributed by atoms with Crippen molar-refractivity contribution in [3.8, 4) is 17.2 Å². The normalized spacial score (nSPS) is 18.9. The van der Waals surface area contributed by atoms with Crippen LogP contribution < -0.4 is 19.5 Å². The summed E-state index contributed by atoms with van der Waals surface area (Å²) in [4.78, 5) is 0. The highest BCUT2D eigenvalue weighted by Crippen LogP contribution is 2.53. The number of benzene rings is 3. The van der Waals surface area contributed by atoms with E-state index in [0.717, 1.165) is 35.8 Å². The Balaban J connectivity index is 1.54. The lowest BCUT2D eigenvalue weighted by atomic mass is 9.68. The fourth-order valence-electron chi connectivity index (χ4n) is 5.33. The number of hydrogen-bond acceptors (Lipinski definition) is 5. The molecule has 5 heteroatoms. The van der Waals surface area contributed by atoms with Crippen LogP contribution in [0.1, 0.15) is 68.6 Å². The smallest absolute Gasteiger partial charge is 0.127 e. The second-order valence-corrected chi connectivity index (χ2v) is 10.4. The summed E-state index contributed by atoms with van der Waals surface area (Å²) in [6, 6.07) is 25.0. The van der Waals surface area contributed by atoms with E-state index in [-0.39, 0.29) is 18.4 Å². The van der Waals surface area contributed by atoms with Crippen molar-refractivity contribution in [1.82, 2.24) is 5.32 Å². The number of ether oxygens (including phenoxy) is 3. The highest BCUT2D eigenvalue weighted by molar-refractivity contribution is 5.52. The standard InChI is InChI=1S/C32H41NO4/c1-5-6-10-19-33-21-25(34)22-36-26-15-13-23(14-16-26)30-28-18-17-27(35-4)20-29(28)37-32(2,3)31(30)24-11-8-7-9-12-24/h7-9,11-18,20,25,30-31,33-34H,5-6,10,19,21-22H2,1-4H3/t25?,30-,31+/m1/s1. The molecule has 0 saturated carbocycles. The van der Waals surface area contributed by atoms with Crippen LogP contribution in [0, 0.1) is 0 Å². The summed E-state index contributed by atoms with van der Waals surface area (Å²) in [5.41, 5.74) is 3.15. The third-order valence-corrected chi connectivity index (χ3v) is 7.19. The Hall–Kier alpha value is -3.02. The molecule has 0 aromatic heterocycles. The SMILES string of the molecule is CCCCCNCC(O)COc1ccc([C@@H]2c3ccc(OC)cc3OC(C)(C)[C@H]2c2ccccc2)cc1. The number of aliphatic hydroxyl groups excluding tert-OH is 1. The molecule has 0 aliphatic carbocycles. The first kappa shape index (κ1) is 27.0. The largest absolute Gasteiger partial charge is 0.497 e. The Labute approximate surface area is 221 Å². The van der Waals surface area contributed by atoms with Gasteiger partial charge in [-0.1, -0.05) is 68.3 Å². The van der Waals surface area contributed by atoms with Crippen molar-refractivity contribution in [2.75, 3.05) is 26.8 Å². The van der Waals surface area contributed by atoms with Gasteiger partial charge in [-0.3, -0.25) is 0 Å². The van der Waals surface area contributed by atoms with Crippen molar-refractivity contribution in [3.63, 3.8) is 0 Å². The van der Waals surface area contributed by atoms with Gasteiger partial charge in [0, 0.05) is 30.0 Å². The molecular formula is C32H41NO4. The molecule has 1 aliphatic heterocycles. The van der Waals surface area contributed by atoms with E-state index < -0.39 is 11.7 Å². The minimum absolute atomic E-state index is 0.0963. The molecular weight excluding hydrogens is 462 g/mol. The average Bonchev–Trinajstić information content (AvgIpc) is 2.91. The van der Waals surface area contributed by atoms with Crippen LogP contribution in [-0.4, -0.2) is 43.6 Å². The predicted molar refractivity (Wildman–Crippen MR) is 149 cm³/mol. The van der Waals surface area contributed by atoms with E-state index in [0.29, 0.717) is 6.54 Å². The maximum absolute atomic E-state index is 10.3. The minimum atomic E-state index is -0.540. The molecule has 37 heavy (non-hydrogen) atoms. The van der Waals surface area contributed by atoms with Crippen LogP contribution in [0.5, 0.6) is 17.2 Å². The van der Waals surface area contributed by atoms with Crippen LogP contribution in [-0.2, 0) is 0 Å². The van der Waals surface area contributed by atoms with Crippen molar-refractivity contribution < 1.29 is 19.3 Å². The van der Waals surface area contributed by atoms with Crippen LogP contribution in [0.3, 0.4) is 0 Å². The number of methoxy groups -OCH3 is 1. The number of aliphatic hydroxyl groups is 1. The summed E-state index contributed by atoms with van der Waals surface area (Å²) in [5.74, 6) is 2.61. The summed E-state index contributed by atoms with van der Waals surface area (Å²) < 4.78 is 18.0. The van der Waals surface area contributed by atoms with Crippen molar-refractivity contribution in [2.24, 2.45) is 0 Å². The van der Waals surface area contributed by atoms with Gasteiger partial charge in [0.2, 0.25) is 0 Å². The monoisotopic (exact) mass is 503 g/mol. The Morgan fingerprint density at radius 2 is 1.68 bits per heavy atom. The zero-order valence-electron chi connectivity index (χ0n) is 22.6. The van der Waals surface area contributed by atoms with Crippen LogP contribution >= 0.6 is 0 Å². The van der Waals surface area contributed by atoms with Gasteiger partial charge in [0.15, 0.2) is 0 Å².